The molecular weight excluding hydrogens is 434 g/mol. The third kappa shape index (κ3) is 5.08. The lowest BCUT2D eigenvalue weighted by Crippen LogP contribution is -2.46. The van der Waals surface area contributed by atoms with Gasteiger partial charge in [0, 0.05) is 22.5 Å². The number of benzene rings is 2. The number of thiazole rings is 1. The summed E-state index contributed by atoms with van der Waals surface area (Å²) in [7, 11) is 0. The van der Waals surface area contributed by atoms with Crippen molar-refractivity contribution in [1.29, 1.82) is 0 Å². The van der Waals surface area contributed by atoms with Gasteiger partial charge < -0.3 is 24.5 Å². The van der Waals surface area contributed by atoms with E-state index in [1.807, 2.05) is 54.6 Å². The minimum Gasteiger partial charge on any atom is -0.549 e. The largest absolute Gasteiger partial charge is 0.549 e. The third-order valence-corrected chi connectivity index (χ3v) is 7.57. The molecule has 0 spiro atoms. The van der Waals surface area contributed by atoms with Crippen molar-refractivity contribution in [3.63, 3.8) is 0 Å². The summed E-state index contributed by atoms with van der Waals surface area (Å²) >= 11 is 2.91. The van der Waals surface area contributed by atoms with E-state index < -0.39 is 23.8 Å². The van der Waals surface area contributed by atoms with Gasteiger partial charge in [0.15, 0.2) is 4.34 Å². The normalized spacial score (nSPS) is 15.5. The summed E-state index contributed by atoms with van der Waals surface area (Å²) < 4.78 is 6.67. The van der Waals surface area contributed by atoms with Gasteiger partial charge in [0.05, 0.1) is 17.6 Å². The van der Waals surface area contributed by atoms with Crippen LogP contribution in [0.1, 0.15) is 34.9 Å². The molecule has 0 aliphatic heterocycles. The lowest BCUT2D eigenvalue weighted by molar-refractivity contribution is -0.332. The Labute approximate surface area is 187 Å². The SMILES string of the molecule is O=C([O-])C(C(=O)[O-])C1CCCc2nc(SCc3cccc(Oc4ccccc4)c3)sc21. The van der Waals surface area contributed by atoms with Crippen LogP contribution in [0.15, 0.2) is 58.9 Å². The number of carboxylic acid groups (broad SMARTS) is 2. The number of carboxylic acids is 2. The van der Waals surface area contributed by atoms with Gasteiger partial charge in [-0.25, -0.2) is 4.98 Å². The molecule has 0 saturated heterocycles. The molecule has 0 radical (unpaired) electrons. The zero-order valence-electron chi connectivity index (χ0n) is 16.5. The van der Waals surface area contributed by atoms with E-state index in [0.717, 1.165) is 38.4 Å². The van der Waals surface area contributed by atoms with Crippen LogP contribution in [0.4, 0.5) is 0 Å². The number of nitrogens with zero attached hydrogens (tertiary/aromatic N) is 1. The van der Waals surface area contributed by atoms with E-state index in [-0.39, 0.29) is 0 Å². The molecule has 1 aliphatic rings. The van der Waals surface area contributed by atoms with Gasteiger partial charge >= 0.3 is 0 Å². The molecular formula is C23H19NO5S2-2. The van der Waals surface area contributed by atoms with Crippen LogP contribution >= 0.6 is 23.1 Å². The van der Waals surface area contributed by atoms with Gasteiger partial charge in [0.25, 0.3) is 0 Å². The van der Waals surface area contributed by atoms with Crippen LogP contribution < -0.4 is 14.9 Å². The molecule has 160 valence electrons. The summed E-state index contributed by atoms with van der Waals surface area (Å²) in [6, 6.07) is 17.3. The summed E-state index contributed by atoms with van der Waals surface area (Å²) in [5.74, 6) is -3.33. The van der Waals surface area contributed by atoms with Gasteiger partial charge in [-0.3, -0.25) is 0 Å². The van der Waals surface area contributed by atoms with Crippen molar-refractivity contribution in [2.75, 3.05) is 0 Å². The second-order valence-corrected chi connectivity index (χ2v) is 9.51. The molecule has 0 amide bonds. The van der Waals surface area contributed by atoms with Crippen molar-refractivity contribution in [1.82, 2.24) is 4.98 Å². The molecule has 0 fully saturated rings. The average molecular weight is 454 g/mol. The molecule has 1 atom stereocenters. The van der Waals surface area contributed by atoms with E-state index >= 15 is 0 Å². The van der Waals surface area contributed by atoms with Gasteiger partial charge in [0.1, 0.15) is 11.5 Å². The number of thioether (sulfide) groups is 1. The molecule has 3 aromatic rings. The van der Waals surface area contributed by atoms with Gasteiger partial charge in [-0.15, -0.1) is 11.3 Å². The fraction of sp³-hybridized carbons (Fsp3) is 0.261. The number of aryl methyl sites for hydroxylation is 1. The number of carbonyl (C=O) groups is 2. The maximum Gasteiger partial charge on any atom is 0.150 e. The second-order valence-electron chi connectivity index (χ2n) is 7.26. The maximum atomic E-state index is 11.4. The Morgan fingerprint density at radius 3 is 2.58 bits per heavy atom. The van der Waals surface area contributed by atoms with Crippen LogP contribution in [0.3, 0.4) is 0 Å². The van der Waals surface area contributed by atoms with E-state index in [2.05, 4.69) is 4.98 Å². The molecule has 1 heterocycles. The lowest BCUT2D eigenvalue weighted by Gasteiger charge is -2.30. The number of carbonyl (C=O) groups excluding carboxylic acids is 2. The summed E-state index contributed by atoms with van der Waals surface area (Å²) in [6.45, 7) is 0. The number of rotatable bonds is 8. The number of para-hydroxylation sites is 1. The zero-order chi connectivity index (χ0) is 21.8. The summed E-state index contributed by atoms with van der Waals surface area (Å²) in [5.41, 5.74) is 1.85. The van der Waals surface area contributed by atoms with Crippen molar-refractivity contribution in [2.45, 2.75) is 35.3 Å². The summed E-state index contributed by atoms with van der Waals surface area (Å²) in [4.78, 5) is 28.1. The Morgan fingerprint density at radius 2 is 1.84 bits per heavy atom. The van der Waals surface area contributed by atoms with Crippen LogP contribution in [0.5, 0.6) is 11.5 Å². The molecule has 8 heteroatoms. The van der Waals surface area contributed by atoms with Crippen molar-refractivity contribution in [3.05, 3.63) is 70.7 Å². The number of hydrogen-bond donors (Lipinski definition) is 0. The first-order valence-corrected chi connectivity index (χ1v) is 11.7. The van der Waals surface area contributed by atoms with Crippen molar-refractivity contribution in [3.8, 4) is 11.5 Å². The lowest BCUT2D eigenvalue weighted by atomic mass is 9.82. The van der Waals surface area contributed by atoms with E-state index in [0.29, 0.717) is 18.6 Å². The van der Waals surface area contributed by atoms with Gasteiger partial charge in [-0.1, -0.05) is 42.1 Å². The quantitative estimate of drug-likeness (QED) is 0.382. The molecule has 2 aromatic carbocycles. The standard InChI is InChI=1S/C23H21NO5S2/c25-21(26)19(22(27)28)17-10-5-11-18-20(17)31-23(24-18)30-13-14-6-4-9-16(12-14)29-15-7-2-1-3-8-15/h1-4,6-9,12,17,19H,5,10-11,13H2,(H,25,26)(H,27,28)/p-2. The highest BCUT2D eigenvalue weighted by molar-refractivity contribution is 8.00. The molecule has 0 bridgehead atoms. The maximum absolute atomic E-state index is 11.4. The molecule has 0 saturated carbocycles. The van der Waals surface area contributed by atoms with Gasteiger partial charge in [0.2, 0.25) is 0 Å². The Morgan fingerprint density at radius 1 is 1.10 bits per heavy atom. The Hall–Kier alpha value is -2.84. The highest BCUT2D eigenvalue weighted by atomic mass is 32.2. The molecule has 1 unspecified atom stereocenters. The van der Waals surface area contributed by atoms with Crippen molar-refractivity contribution < 1.29 is 24.5 Å². The van der Waals surface area contributed by atoms with E-state index in [1.165, 1.54) is 23.1 Å². The summed E-state index contributed by atoms with van der Waals surface area (Å²) in [6.07, 6.45) is 1.89. The second kappa shape index (κ2) is 9.53. The Balaban J connectivity index is 1.46. The van der Waals surface area contributed by atoms with Gasteiger partial charge in [-0.05, 0) is 49.1 Å². The van der Waals surface area contributed by atoms with Crippen LogP contribution in [-0.4, -0.2) is 16.9 Å². The number of aromatic nitrogens is 1. The first kappa shape index (κ1) is 21.4. The first-order chi connectivity index (χ1) is 15.0. The van der Waals surface area contributed by atoms with Gasteiger partial charge in [-0.2, -0.15) is 0 Å². The minimum absolute atomic E-state index is 0.477. The van der Waals surface area contributed by atoms with E-state index in [1.54, 1.807) is 0 Å². The monoisotopic (exact) mass is 453 g/mol. The Kier molecular flexibility index (Phi) is 6.58. The third-order valence-electron chi connectivity index (χ3n) is 5.12. The first-order valence-electron chi connectivity index (χ1n) is 9.87. The fourth-order valence-electron chi connectivity index (χ4n) is 3.70. The predicted octanol–water partition coefficient (Wildman–Crippen LogP) is 2.76. The highest BCUT2D eigenvalue weighted by Crippen LogP contribution is 2.43. The smallest absolute Gasteiger partial charge is 0.150 e. The number of hydrogen-bond acceptors (Lipinski definition) is 8. The fourth-order valence-corrected chi connectivity index (χ4v) is 6.04. The molecule has 6 nitrogen and oxygen atoms in total. The highest BCUT2D eigenvalue weighted by Gasteiger charge is 2.32. The number of fused-ring (bicyclic) bond motifs is 1. The zero-order valence-corrected chi connectivity index (χ0v) is 18.1. The molecule has 0 N–H and O–H groups in total. The summed E-state index contributed by atoms with van der Waals surface area (Å²) in [5, 5.41) is 22.7. The topological polar surface area (TPSA) is 102 Å². The molecule has 31 heavy (non-hydrogen) atoms. The van der Waals surface area contributed by atoms with E-state index in [4.69, 9.17) is 4.74 Å². The van der Waals surface area contributed by atoms with Crippen LogP contribution in [0.2, 0.25) is 0 Å². The minimum atomic E-state index is -1.65. The number of ether oxygens (including phenoxy) is 1. The Bertz CT molecular complexity index is 1070. The molecule has 1 aliphatic carbocycles. The number of aliphatic carboxylic acids is 2. The van der Waals surface area contributed by atoms with E-state index in [9.17, 15) is 19.8 Å². The van der Waals surface area contributed by atoms with Crippen LogP contribution in [0.25, 0.3) is 0 Å². The molecule has 1 aromatic heterocycles. The van der Waals surface area contributed by atoms with Crippen molar-refractivity contribution in [2.24, 2.45) is 5.92 Å². The van der Waals surface area contributed by atoms with Crippen molar-refractivity contribution >= 4 is 35.0 Å². The average Bonchev–Trinajstić information content (AvgIpc) is 3.17. The predicted molar refractivity (Wildman–Crippen MR) is 114 cm³/mol. The van der Waals surface area contributed by atoms with Crippen LogP contribution in [-0.2, 0) is 21.8 Å². The van der Waals surface area contributed by atoms with Crippen LogP contribution in [0, 0.1) is 5.92 Å². The molecule has 4 rings (SSSR count).